The number of hydrogen-bond acceptors (Lipinski definition) is 4. The van der Waals surface area contributed by atoms with E-state index >= 15 is 0 Å². The fourth-order valence-electron chi connectivity index (χ4n) is 4.11. The van der Waals surface area contributed by atoms with E-state index in [1.54, 1.807) is 18.2 Å². The van der Waals surface area contributed by atoms with Crippen LogP contribution >= 0.6 is 0 Å². The number of fused-ring (bicyclic) bond motifs is 1. The Morgan fingerprint density at radius 3 is 2.58 bits per heavy atom. The second-order valence-electron chi connectivity index (χ2n) is 8.13. The number of imidazole rings is 1. The number of para-hydroxylation sites is 2. The van der Waals surface area contributed by atoms with Crippen LogP contribution in [0.25, 0.3) is 11.0 Å². The van der Waals surface area contributed by atoms with Gasteiger partial charge in [0.05, 0.1) is 15.9 Å². The van der Waals surface area contributed by atoms with E-state index in [1.807, 2.05) is 18.2 Å². The van der Waals surface area contributed by atoms with Gasteiger partial charge in [0.2, 0.25) is 10.0 Å². The fraction of sp³-hybridized carbons (Fsp3) is 0.391. The van der Waals surface area contributed by atoms with E-state index in [2.05, 4.69) is 29.8 Å². The van der Waals surface area contributed by atoms with Gasteiger partial charge in [0.25, 0.3) is 5.91 Å². The Morgan fingerprint density at radius 1 is 1.10 bits per heavy atom. The highest BCUT2D eigenvalue weighted by Crippen LogP contribution is 2.22. The molecule has 3 aromatic rings. The molecule has 0 atom stereocenters. The molecule has 0 radical (unpaired) electrons. The summed E-state index contributed by atoms with van der Waals surface area (Å²) in [7, 11) is -3.55. The minimum Gasteiger partial charge on any atom is -0.352 e. The Hall–Kier alpha value is -2.71. The van der Waals surface area contributed by atoms with Crippen molar-refractivity contribution in [1.29, 1.82) is 0 Å². The summed E-state index contributed by atoms with van der Waals surface area (Å²) in [4.78, 5) is 17.6. The molecule has 164 valence electrons. The molecule has 1 fully saturated rings. The van der Waals surface area contributed by atoms with Crippen molar-refractivity contribution in [3.8, 4) is 0 Å². The summed E-state index contributed by atoms with van der Waals surface area (Å²) in [5.41, 5.74) is 2.37. The Morgan fingerprint density at radius 2 is 1.84 bits per heavy atom. The SMILES string of the molecule is CC(C)n1c(CCNC(=O)c2cccc(S(=O)(=O)N3CCCC3)c2)nc2ccccc21. The topological polar surface area (TPSA) is 84.3 Å². The highest BCUT2D eigenvalue weighted by Gasteiger charge is 2.27. The molecule has 1 amide bonds. The van der Waals surface area contributed by atoms with Gasteiger partial charge in [-0.15, -0.1) is 0 Å². The maximum absolute atomic E-state index is 12.8. The molecular formula is C23H28N4O3S. The molecule has 0 saturated carbocycles. The van der Waals surface area contributed by atoms with Gasteiger partial charge in [-0.05, 0) is 57.0 Å². The summed E-state index contributed by atoms with van der Waals surface area (Å²) in [5.74, 6) is 0.632. The van der Waals surface area contributed by atoms with Gasteiger partial charge < -0.3 is 9.88 Å². The maximum atomic E-state index is 12.8. The van der Waals surface area contributed by atoms with Crippen molar-refractivity contribution in [2.24, 2.45) is 0 Å². The lowest BCUT2D eigenvalue weighted by molar-refractivity contribution is 0.0953. The van der Waals surface area contributed by atoms with Crippen molar-refractivity contribution < 1.29 is 13.2 Å². The van der Waals surface area contributed by atoms with Crippen molar-refractivity contribution in [2.45, 2.75) is 44.0 Å². The monoisotopic (exact) mass is 440 g/mol. The van der Waals surface area contributed by atoms with E-state index in [0.717, 1.165) is 29.7 Å². The Kier molecular flexibility index (Phi) is 6.11. The van der Waals surface area contributed by atoms with Gasteiger partial charge in [0.1, 0.15) is 5.82 Å². The molecule has 8 heteroatoms. The third kappa shape index (κ3) is 4.36. The lowest BCUT2D eigenvalue weighted by Crippen LogP contribution is -2.29. The second kappa shape index (κ2) is 8.80. The summed E-state index contributed by atoms with van der Waals surface area (Å²) in [6.45, 7) is 5.72. The molecule has 7 nitrogen and oxygen atoms in total. The number of rotatable bonds is 7. The molecule has 0 spiro atoms. The van der Waals surface area contributed by atoms with Crippen molar-refractivity contribution >= 4 is 27.0 Å². The number of carbonyl (C=O) groups is 1. The molecular weight excluding hydrogens is 412 g/mol. The molecule has 1 aliphatic heterocycles. The number of carbonyl (C=O) groups excluding carboxylic acids is 1. The molecule has 1 N–H and O–H groups in total. The first-order valence-electron chi connectivity index (χ1n) is 10.7. The third-order valence-corrected chi connectivity index (χ3v) is 7.51. The van der Waals surface area contributed by atoms with Crippen LogP contribution in [0.15, 0.2) is 53.4 Å². The van der Waals surface area contributed by atoms with Crippen LogP contribution in [-0.4, -0.2) is 47.8 Å². The molecule has 31 heavy (non-hydrogen) atoms. The molecule has 1 aliphatic rings. The van der Waals surface area contributed by atoms with Gasteiger partial charge in [-0.25, -0.2) is 13.4 Å². The molecule has 1 saturated heterocycles. The predicted molar refractivity (Wildman–Crippen MR) is 121 cm³/mol. The van der Waals surface area contributed by atoms with Gasteiger partial charge >= 0.3 is 0 Å². The van der Waals surface area contributed by atoms with Crippen molar-refractivity contribution in [1.82, 2.24) is 19.2 Å². The molecule has 2 aromatic carbocycles. The number of nitrogens with one attached hydrogen (secondary N) is 1. The normalized spacial score (nSPS) is 15.1. The largest absolute Gasteiger partial charge is 0.352 e. The summed E-state index contributed by atoms with van der Waals surface area (Å²) in [6.07, 6.45) is 2.34. The van der Waals surface area contributed by atoms with Crippen molar-refractivity contribution in [2.75, 3.05) is 19.6 Å². The molecule has 0 bridgehead atoms. The van der Waals surface area contributed by atoms with E-state index in [1.165, 1.54) is 10.4 Å². The quantitative estimate of drug-likeness (QED) is 0.610. The first kappa shape index (κ1) is 21.5. The molecule has 4 rings (SSSR count). The number of aromatic nitrogens is 2. The Bertz CT molecular complexity index is 1190. The number of hydrogen-bond donors (Lipinski definition) is 1. The number of nitrogens with zero attached hydrogens (tertiary/aromatic N) is 3. The summed E-state index contributed by atoms with van der Waals surface area (Å²) < 4.78 is 29.2. The van der Waals surface area contributed by atoms with E-state index in [0.29, 0.717) is 31.6 Å². The zero-order chi connectivity index (χ0) is 22.0. The number of benzene rings is 2. The first-order valence-corrected chi connectivity index (χ1v) is 12.2. The molecule has 0 aliphatic carbocycles. The smallest absolute Gasteiger partial charge is 0.251 e. The van der Waals surface area contributed by atoms with Crippen LogP contribution in [0.3, 0.4) is 0 Å². The van der Waals surface area contributed by atoms with Crippen molar-refractivity contribution in [3.63, 3.8) is 0 Å². The van der Waals surface area contributed by atoms with Gasteiger partial charge in [-0.3, -0.25) is 4.79 Å². The lowest BCUT2D eigenvalue weighted by atomic mass is 10.2. The zero-order valence-corrected chi connectivity index (χ0v) is 18.7. The standard InChI is InChI=1S/C23H28N4O3S/c1-17(2)27-21-11-4-3-10-20(21)25-22(27)12-13-24-23(28)18-8-7-9-19(16-18)31(29,30)26-14-5-6-15-26/h3-4,7-11,16-17H,5-6,12-15H2,1-2H3,(H,24,28). The van der Waals surface area contributed by atoms with Gasteiger partial charge in [0, 0.05) is 37.7 Å². The summed E-state index contributed by atoms with van der Waals surface area (Å²) >= 11 is 0. The Balaban J connectivity index is 1.45. The maximum Gasteiger partial charge on any atom is 0.251 e. The van der Waals surface area contributed by atoms with Crippen LogP contribution in [0.5, 0.6) is 0 Å². The minimum absolute atomic E-state index is 0.170. The summed E-state index contributed by atoms with van der Waals surface area (Å²) in [5, 5.41) is 2.91. The number of amides is 1. The van der Waals surface area contributed by atoms with Crippen molar-refractivity contribution in [3.05, 3.63) is 59.9 Å². The van der Waals surface area contributed by atoms with Gasteiger partial charge in [-0.1, -0.05) is 18.2 Å². The van der Waals surface area contributed by atoms with E-state index in [4.69, 9.17) is 4.98 Å². The molecule has 2 heterocycles. The average molecular weight is 441 g/mol. The second-order valence-corrected chi connectivity index (χ2v) is 10.1. The third-order valence-electron chi connectivity index (χ3n) is 5.62. The fourth-order valence-corrected chi connectivity index (χ4v) is 5.68. The lowest BCUT2D eigenvalue weighted by Gasteiger charge is -2.16. The minimum atomic E-state index is -3.55. The zero-order valence-electron chi connectivity index (χ0n) is 17.9. The van der Waals surface area contributed by atoms with Gasteiger partial charge in [0.15, 0.2) is 0 Å². The predicted octanol–water partition coefficient (Wildman–Crippen LogP) is 3.37. The molecule has 1 aromatic heterocycles. The Labute approximate surface area is 183 Å². The van der Waals surface area contributed by atoms with E-state index in [9.17, 15) is 13.2 Å². The van der Waals surface area contributed by atoms with Crippen LogP contribution in [0.2, 0.25) is 0 Å². The first-order chi connectivity index (χ1) is 14.9. The summed E-state index contributed by atoms with van der Waals surface area (Å²) in [6, 6.07) is 14.5. The average Bonchev–Trinajstić information content (AvgIpc) is 3.42. The molecule has 0 unspecified atom stereocenters. The number of sulfonamides is 1. The van der Waals surface area contributed by atoms with E-state index < -0.39 is 10.0 Å². The van der Waals surface area contributed by atoms with Gasteiger partial charge in [-0.2, -0.15) is 4.31 Å². The highest BCUT2D eigenvalue weighted by atomic mass is 32.2. The van der Waals surface area contributed by atoms with Crippen LogP contribution in [0, 0.1) is 0 Å². The van der Waals surface area contributed by atoms with Crippen LogP contribution < -0.4 is 5.32 Å². The van der Waals surface area contributed by atoms with E-state index in [-0.39, 0.29) is 16.8 Å². The highest BCUT2D eigenvalue weighted by molar-refractivity contribution is 7.89. The van der Waals surface area contributed by atoms with Crippen LogP contribution in [0.1, 0.15) is 48.9 Å². The van der Waals surface area contributed by atoms with Crippen LogP contribution in [-0.2, 0) is 16.4 Å². The van der Waals surface area contributed by atoms with Crippen LogP contribution in [0.4, 0.5) is 0 Å².